The monoisotopic (exact) mass is 321 g/mol. The number of carbonyl (C=O) groups is 1. The zero-order valence-corrected chi connectivity index (χ0v) is 13.6. The fraction of sp³-hybridized carbons (Fsp3) is 0.167. The number of para-hydroxylation sites is 1. The van der Waals surface area contributed by atoms with Crippen LogP contribution < -0.4 is 11.1 Å². The summed E-state index contributed by atoms with van der Waals surface area (Å²) in [5.41, 5.74) is 9.26. The second-order valence-corrected chi connectivity index (χ2v) is 5.91. The van der Waals surface area contributed by atoms with Crippen LogP contribution in [0.3, 0.4) is 0 Å². The maximum atomic E-state index is 12.1. The van der Waals surface area contributed by atoms with E-state index in [9.17, 15) is 4.79 Å². The molecule has 1 heterocycles. The smallest absolute Gasteiger partial charge is 0.251 e. The molecule has 5 N–H and O–H groups in total. The molecule has 6 heteroatoms. The van der Waals surface area contributed by atoms with Crippen LogP contribution in [0.25, 0.3) is 11.0 Å². The number of benzene rings is 2. The highest BCUT2D eigenvalue weighted by Gasteiger charge is 2.14. The molecular weight excluding hydrogens is 302 g/mol. The largest absolute Gasteiger partial charge is 0.398 e. The van der Waals surface area contributed by atoms with Gasteiger partial charge in [0.25, 0.3) is 5.91 Å². The van der Waals surface area contributed by atoms with E-state index in [1.54, 1.807) is 30.3 Å². The summed E-state index contributed by atoms with van der Waals surface area (Å²) in [6.07, 6.45) is 0. The first-order valence-corrected chi connectivity index (χ1v) is 7.70. The van der Waals surface area contributed by atoms with E-state index in [0.29, 0.717) is 33.7 Å². The van der Waals surface area contributed by atoms with E-state index >= 15 is 0 Å². The van der Waals surface area contributed by atoms with Gasteiger partial charge in [-0.25, -0.2) is 4.98 Å². The van der Waals surface area contributed by atoms with Crippen molar-refractivity contribution < 1.29 is 4.79 Å². The van der Waals surface area contributed by atoms with Crippen LogP contribution in [0.5, 0.6) is 0 Å². The number of fused-ring (bicyclic) bond motifs is 1. The van der Waals surface area contributed by atoms with Crippen molar-refractivity contribution in [3.63, 3.8) is 0 Å². The third kappa shape index (κ3) is 2.99. The Morgan fingerprint density at radius 1 is 1.25 bits per heavy atom. The van der Waals surface area contributed by atoms with Crippen molar-refractivity contribution in [2.45, 2.75) is 19.9 Å². The van der Waals surface area contributed by atoms with Crippen LogP contribution in [0, 0.1) is 5.41 Å². The quantitative estimate of drug-likeness (QED) is 0.438. The van der Waals surface area contributed by atoms with Gasteiger partial charge in [-0.2, -0.15) is 0 Å². The van der Waals surface area contributed by atoms with Crippen molar-refractivity contribution in [2.24, 2.45) is 0 Å². The lowest BCUT2D eigenvalue weighted by molar-refractivity contribution is 0.0943. The molecule has 0 aliphatic carbocycles. The van der Waals surface area contributed by atoms with Crippen LogP contribution in [0.2, 0.25) is 0 Å². The summed E-state index contributed by atoms with van der Waals surface area (Å²) in [4.78, 5) is 19.6. The number of H-pyrrole nitrogens is 1. The van der Waals surface area contributed by atoms with Crippen LogP contribution in [0.1, 0.15) is 35.6 Å². The Bertz CT molecular complexity index is 926. The number of hydrogen-bond donors (Lipinski definition) is 4. The number of rotatable bonds is 4. The van der Waals surface area contributed by atoms with Crippen molar-refractivity contribution in [2.75, 3.05) is 5.73 Å². The minimum absolute atomic E-state index is 0.0692. The average Bonchev–Trinajstić information content (AvgIpc) is 2.97. The number of aromatic nitrogens is 2. The van der Waals surface area contributed by atoms with E-state index in [-0.39, 0.29) is 17.7 Å². The highest BCUT2D eigenvalue weighted by atomic mass is 16.1. The summed E-state index contributed by atoms with van der Waals surface area (Å²) in [5.74, 6) is 0.287. The summed E-state index contributed by atoms with van der Waals surface area (Å²) >= 11 is 0. The predicted molar refractivity (Wildman–Crippen MR) is 95.5 cm³/mol. The van der Waals surface area contributed by atoms with Gasteiger partial charge in [-0.15, -0.1) is 0 Å². The molecule has 122 valence electrons. The topological polar surface area (TPSA) is 108 Å². The molecular formula is C18H19N5O. The molecule has 1 aromatic heterocycles. The van der Waals surface area contributed by atoms with Crippen molar-refractivity contribution >= 4 is 28.3 Å². The van der Waals surface area contributed by atoms with Crippen molar-refractivity contribution in [3.05, 3.63) is 59.4 Å². The number of aromatic amines is 1. The van der Waals surface area contributed by atoms with E-state index in [2.05, 4.69) is 15.3 Å². The van der Waals surface area contributed by atoms with E-state index in [1.165, 1.54) is 0 Å². The van der Waals surface area contributed by atoms with Crippen LogP contribution >= 0.6 is 0 Å². The van der Waals surface area contributed by atoms with Crippen molar-refractivity contribution in [3.8, 4) is 0 Å². The van der Waals surface area contributed by atoms with Crippen LogP contribution in [0.4, 0.5) is 5.69 Å². The second-order valence-electron chi connectivity index (χ2n) is 5.91. The first-order chi connectivity index (χ1) is 11.5. The van der Waals surface area contributed by atoms with Gasteiger partial charge in [-0.1, -0.05) is 18.2 Å². The van der Waals surface area contributed by atoms with Gasteiger partial charge in [0.1, 0.15) is 5.71 Å². The highest BCUT2D eigenvalue weighted by Crippen LogP contribution is 2.18. The molecule has 0 bridgehead atoms. The lowest BCUT2D eigenvalue weighted by atomic mass is 10.1. The number of amides is 1. The Morgan fingerprint density at radius 2 is 2.00 bits per heavy atom. The molecule has 0 unspecified atom stereocenters. The maximum absolute atomic E-state index is 12.1. The number of nitrogens with one attached hydrogen (secondary N) is 3. The average molecular weight is 321 g/mol. The zero-order chi connectivity index (χ0) is 17.3. The van der Waals surface area contributed by atoms with Gasteiger partial charge < -0.3 is 16.0 Å². The molecule has 3 rings (SSSR count). The minimum Gasteiger partial charge on any atom is -0.398 e. The molecule has 24 heavy (non-hydrogen) atoms. The SMILES string of the molecule is CC(C)NC(=O)c1ccc2nc(C(=N)c3ccccc3N)[nH]c2c1. The molecule has 3 aromatic rings. The summed E-state index contributed by atoms with van der Waals surface area (Å²) in [5, 5.41) is 11.2. The molecule has 0 saturated carbocycles. The summed E-state index contributed by atoms with van der Waals surface area (Å²) in [7, 11) is 0. The van der Waals surface area contributed by atoms with Crippen molar-refractivity contribution in [1.82, 2.24) is 15.3 Å². The first kappa shape index (κ1) is 15.7. The van der Waals surface area contributed by atoms with Gasteiger partial charge in [0, 0.05) is 22.9 Å². The number of nitrogens with zero attached hydrogens (tertiary/aromatic N) is 1. The molecule has 0 spiro atoms. The molecule has 0 aliphatic heterocycles. The summed E-state index contributed by atoms with van der Waals surface area (Å²) in [6.45, 7) is 3.83. The van der Waals surface area contributed by atoms with Crippen LogP contribution in [0.15, 0.2) is 42.5 Å². The van der Waals surface area contributed by atoms with Gasteiger partial charge in [0.05, 0.1) is 11.0 Å². The number of hydrogen-bond acceptors (Lipinski definition) is 4. The number of nitrogen functional groups attached to an aromatic ring is 1. The van der Waals surface area contributed by atoms with Gasteiger partial charge >= 0.3 is 0 Å². The second kappa shape index (κ2) is 6.16. The lowest BCUT2D eigenvalue weighted by Gasteiger charge is -2.07. The van der Waals surface area contributed by atoms with Crippen LogP contribution in [-0.2, 0) is 0 Å². The van der Waals surface area contributed by atoms with E-state index in [1.807, 2.05) is 26.0 Å². The predicted octanol–water partition coefficient (Wildman–Crippen LogP) is 2.70. The first-order valence-electron chi connectivity index (χ1n) is 7.70. The maximum Gasteiger partial charge on any atom is 0.251 e. The van der Waals surface area contributed by atoms with E-state index < -0.39 is 0 Å². The Hall–Kier alpha value is -3.15. The van der Waals surface area contributed by atoms with Gasteiger partial charge in [0.2, 0.25) is 0 Å². The Morgan fingerprint density at radius 3 is 2.71 bits per heavy atom. The van der Waals surface area contributed by atoms with E-state index in [4.69, 9.17) is 11.1 Å². The fourth-order valence-corrected chi connectivity index (χ4v) is 2.47. The Kier molecular flexibility index (Phi) is 4.04. The minimum atomic E-state index is -0.134. The standard InChI is InChI=1S/C18H19N5O/c1-10(2)21-18(24)11-7-8-14-15(9-11)23-17(22-14)16(20)12-5-3-4-6-13(12)19/h3-10,20H,19H2,1-2H3,(H,21,24)(H,22,23). The summed E-state index contributed by atoms with van der Waals surface area (Å²) in [6, 6.07) is 12.5. The molecule has 0 fully saturated rings. The number of carbonyl (C=O) groups excluding carboxylic acids is 1. The Labute approximate surface area is 139 Å². The van der Waals surface area contributed by atoms with Crippen LogP contribution in [-0.4, -0.2) is 27.6 Å². The zero-order valence-electron chi connectivity index (χ0n) is 13.6. The number of anilines is 1. The molecule has 6 nitrogen and oxygen atoms in total. The lowest BCUT2D eigenvalue weighted by Crippen LogP contribution is -2.29. The normalized spacial score (nSPS) is 11.0. The third-order valence-electron chi connectivity index (χ3n) is 3.63. The van der Waals surface area contributed by atoms with Gasteiger partial charge in [-0.05, 0) is 38.1 Å². The highest BCUT2D eigenvalue weighted by molar-refractivity contribution is 6.12. The number of imidazole rings is 1. The molecule has 0 atom stereocenters. The molecule has 2 aromatic carbocycles. The molecule has 0 radical (unpaired) electrons. The third-order valence-corrected chi connectivity index (χ3v) is 3.63. The van der Waals surface area contributed by atoms with E-state index in [0.717, 1.165) is 0 Å². The van der Waals surface area contributed by atoms with Gasteiger partial charge in [0.15, 0.2) is 5.82 Å². The summed E-state index contributed by atoms with van der Waals surface area (Å²) < 4.78 is 0. The van der Waals surface area contributed by atoms with Crippen molar-refractivity contribution in [1.29, 1.82) is 5.41 Å². The Balaban J connectivity index is 1.96. The number of nitrogens with two attached hydrogens (primary N) is 1. The molecule has 0 aliphatic rings. The molecule has 0 saturated heterocycles. The van der Waals surface area contributed by atoms with Gasteiger partial charge in [-0.3, -0.25) is 10.2 Å². The fourth-order valence-electron chi connectivity index (χ4n) is 2.47. The molecule has 1 amide bonds.